The van der Waals surface area contributed by atoms with Gasteiger partial charge < -0.3 is 10.2 Å². The van der Waals surface area contributed by atoms with Crippen LogP contribution in [0.15, 0.2) is 29.6 Å². The normalized spacial score (nSPS) is 24.7. The first-order valence-corrected chi connectivity index (χ1v) is 7.55. The lowest BCUT2D eigenvalue weighted by Crippen LogP contribution is -2.47. The number of thiophene rings is 1. The summed E-state index contributed by atoms with van der Waals surface area (Å²) in [5, 5.41) is 6.97. The van der Waals surface area contributed by atoms with Gasteiger partial charge in [-0.2, -0.15) is 0 Å². The van der Waals surface area contributed by atoms with Crippen molar-refractivity contribution >= 4 is 27.1 Å². The molecule has 0 amide bonds. The average molecular weight is 260 g/mol. The minimum Gasteiger partial charge on any atom is -0.371 e. The number of nitrogens with one attached hydrogen (secondary N) is 1. The second kappa shape index (κ2) is 4.90. The van der Waals surface area contributed by atoms with E-state index in [1.165, 1.54) is 22.2 Å². The van der Waals surface area contributed by atoms with Crippen LogP contribution >= 0.6 is 11.3 Å². The fourth-order valence-electron chi connectivity index (χ4n) is 2.96. The second-order valence-electron chi connectivity index (χ2n) is 5.25. The Morgan fingerprint density at radius 3 is 3.00 bits per heavy atom. The molecular weight excluding hydrogens is 240 g/mol. The summed E-state index contributed by atoms with van der Waals surface area (Å²) in [6, 6.07) is 9.74. The van der Waals surface area contributed by atoms with E-state index in [2.05, 4.69) is 53.8 Å². The van der Waals surface area contributed by atoms with Crippen LogP contribution < -0.4 is 10.2 Å². The summed E-state index contributed by atoms with van der Waals surface area (Å²) in [7, 11) is 2.08. The van der Waals surface area contributed by atoms with Crippen LogP contribution in [-0.4, -0.2) is 26.2 Å². The Bertz CT molecular complexity index is 534. The molecule has 2 heterocycles. The first-order valence-electron chi connectivity index (χ1n) is 6.67. The Balaban J connectivity index is 1.82. The molecule has 0 saturated carbocycles. The first-order chi connectivity index (χ1) is 8.78. The summed E-state index contributed by atoms with van der Waals surface area (Å²) in [6.45, 7) is 4.66. The Kier molecular flexibility index (Phi) is 3.27. The van der Waals surface area contributed by atoms with Gasteiger partial charge >= 0.3 is 0 Å². The molecule has 2 aromatic rings. The number of piperidine rings is 1. The Morgan fingerprint density at radius 1 is 1.33 bits per heavy atom. The number of hydrogen-bond donors (Lipinski definition) is 1. The van der Waals surface area contributed by atoms with Crippen molar-refractivity contribution in [2.45, 2.75) is 19.4 Å². The highest BCUT2D eigenvalue weighted by atomic mass is 32.1. The van der Waals surface area contributed by atoms with Gasteiger partial charge in [0.15, 0.2) is 0 Å². The summed E-state index contributed by atoms with van der Waals surface area (Å²) in [6.07, 6.45) is 1.24. The van der Waals surface area contributed by atoms with Gasteiger partial charge in [0.25, 0.3) is 0 Å². The fourth-order valence-corrected chi connectivity index (χ4v) is 3.73. The summed E-state index contributed by atoms with van der Waals surface area (Å²) >= 11 is 1.82. The molecule has 1 aliphatic heterocycles. The zero-order valence-electron chi connectivity index (χ0n) is 11.0. The van der Waals surface area contributed by atoms with E-state index < -0.39 is 0 Å². The summed E-state index contributed by atoms with van der Waals surface area (Å²) in [4.78, 5) is 2.52. The summed E-state index contributed by atoms with van der Waals surface area (Å²) in [5.74, 6) is 0.710. The topological polar surface area (TPSA) is 15.3 Å². The standard InChI is InChI=1S/C15H20N2S/c1-11-10-17(7-5-14(11)16-2)13-3-4-15-12(9-13)6-8-18-15/h3-4,6,8-9,11,14,16H,5,7,10H2,1-2H3. The first kappa shape index (κ1) is 12.0. The largest absolute Gasteiger partial charge is 0.371 e. The van der Waals surface area contributed by atoms with Crippen LogP contribution in [0.4, 0.5) is 5.69 Å². The predicted octanol–water partition coefficient (Wildman–Crippen LogP) is 3.34. The maximum absolute atomic E-state index is 3.43. The molecule has 18 heavy (non-hydrogen) atoms. The van der Waals surface area contributed by atoms with E-state index in [1.54, 1.807) is 0 Å². The van der Waals surface area contributed by atoms with Crippen LogP contribution in [0.5, 0.6) is 0 Å². The molecule has 1 aromatic heterocycles. The maximum Gasteiger partial charge on any atom is 0.0373 e. The van der Waals surface area contributed by atoms with E-state index in [-0.39, 0.29) is 0 Å². The molecule has 0 bridgehead atoms. The van der Waals surface area contributed by atoms with Crippen molar-refractivity contribution in [1.82, 2.24) is 5.32 Å². The molecule has 3 heteroatoms. The van der Waals surface area contributed by atoms with Gasteiger partial charge in [0.05, 0.1) is 0 Å². The molecule has 2 nitrogen and oxygen atoms in total. The fraction of sp³-hybridized carbons (Fsp3) is 0.467. The molecule has 1 aliphatic rings. The molecule has 1 N–H and O–H groups in total. The highest BCUT2D eigenvalue weighted by molar-refractivity contribution is 7.17. The van der Waals surface area contributed by atoms with Gasteiger partial charge in [-0.15, -0.1) is 11.3 Å². The average Bonchev–Trinajstić information content (AvgIpc) is 2.85. The molecule has 0 radical (unpaired) electrons. The van der Waals surface area contributed by atoms with Gasteiger partial charge in [-0.05, 0) is 54.4 Å². The van der Waals surface area contributed by atoms with Gasteiger partial charge in [-0.25, -0.2) is 0 Å². The SMILES string of the molecule is CNC1CCN(c2ccc3sccc3c2)CC1C. The van der Waals surface area contributed by atoms with Crippen molar-refractivity contribution in [2.24, 2.45) is 5.92 Å². The number of anilines is 1. The summed E-state index contributed by atoms with van der Waals surface area (Å²) < 4.78 is 1.39. The third kappa shape index (κ3) is 2.13. The van der Waals surface area contributed by atoms with Crippen molar-refractivity contribution in [3.8, 4) is 0 Å². The van der Waals surface area contributed by atoms with Crippen molar-refractivity contribution in [3.63, 3.8) is 0 Å². The van der Waals surface area contributed by atoms with E-state index in [0.717, 1.165) is 13.1 Å². The third-order valence-electron chi connectivity index (χ3n) is 4.08. The zero-order valence-corrected chi connectivity index (χ0v) is 11.8. The molecule has 0 aliphatic carbocycles. The monoisotopic (exact) mass is 260 g/mol. The van der Waals surface area contributed by atoms with Crippen molar-refractivity contribution in [2.75, 3.05) is 25.0 Å². The smallest absolute Gasteiger partial charge is 0.0373 e. The number of nitrogens with zero attached hydrogens (tertiary/aromatic N) is 1. The number of rotatable bonds is 2. The van der Waals surface area contributed by atoms with Crippen LogP contribution in [-0.2, 0) is 0 Å². The molecule has 1 aromatic carbocycles. The van der Waals surface area contributed by atoms with Gasteiger partial charge in [-0.3, -0.25) is 0 Å². The molecule has 96 valence electrons. The van der Waals surface area contributed by atoms with Crippen molar-refractivity contribution in [3.05, 3.63) is 29.6 Å². The second-order valence-corrected chi connectivity index (χ2v) is 6.20. The molecule has 0 spiro atoms. The zero-order chi connectivity index (χ0) is 12.5. The van der Waals surface area contributed by atoms with Crippen LogP contribution in [0.2, 0.25) is 0 Å². The van der Waals surface area contributed by atoms with Crippen LogP contribution in [0.1, 0.15) is 13.3 Å². The lowest BCUT2D eigenvalue weighted by molar-refractivity contribution is 0.339. The van der Waals surface area contributed by atoms with Gasteiger partial charge in [0.2, 0.25) is 0 Å². The van der Waals surface area contributed by atoms with E-state index in [0.29, 0.717) is 12.0 Å². The van der Waals surface area contributed by atoms with E-state index in [4.69, 9.17) is 0 Å². The van der Waals surface area contributed by atoms with Crippen LogP contribution in [0.25, 0.3) is 10.1 Å². The lowest BCUT2D eigenvalue weighted by atomic mass is 9.93. The van der Waals surface area contributed by atoms with E-state index >= 15 is 0 Å². The molecule has 2 atom stereocenters. The third-order valence-corrected chi connectivity index (χ3v) is 4.98. The molecule has 1 saturated heterocycles. The Hall–Kier alpha value is -1.06. The molecule has 3 rings (SSSR count). The molecule has 2 unspecified atom stereocenters. The Morgan fingerprint density at radius 2 is 2.22 bits per heavy atom. The number of hydrogen-bond acceptors (Lipinski definition) is 3. The maximum atomic E-state index is 3.43. The summed E-state index contributed by atoms with van der Waals surface area (Å²) in [5.41, 5.74) is 1.38. The lowest BCUT2D eigenvalue weighted by Gasteiger charge is -2.38. The van der Waals surface area contributed by atoms with Gasteiger partial charge in [0, 0.05) is 29.5 Å². The van der Waals surface area contributed by atoms with E-state index in [9.17, 15) is 0 Å². The minimum atomic E-state index is 0.672. The Labute approximate surface area is 113 Å². The van der Waals surface area contributed by atoms with Gasteiger partial charge in [-0.1, -0.05) is 6.92 Å². The quantitative estimate of drug-likeness (QED) is 0.891. The van der Waals surface area contributed by atoms with E-state index in [1.807, 2.05) is 11.3 Å². The number of benzene rings is 1. The van der Waals surface area contributed by atoms with Crippen LogP contribution in [0.3, 0.4) is 0 Å². The minimum absolute atomic E-state index is 0.672. The van der Waals surface area contributed by atoms with Crippen molar-refractivity contribution < 1.29 is 0 Å². The molecular formula is C15H20N2S. The highest BCUT2D eigenvalue weighted by Gasteiger charge is 2.24. The predicted molar refractivity (Wildman–Crippen MR) is 80.7 cm³/mol. The van der Waals surface area contributed by atoms with Gasteiger partial charge in [0.1, 0.15) is 0 Å². The number of fused-ring (bicyclic) bond motifs is 1. The highest BCUT2D eigenvalue weighted by Crippen LogP contribution is 2.28. The van der Waals surface area contributed by atoms with Crippen LogP contribution in [0, 0.1) is 5.92 Å². The van der Waals surface area contributed by atoms with Crippen molar-refractivity contribution in [1.29, 1.82) is 0 Å². The molecule has 1 fully saturated rings.